The first kappa shape index (κ1) is 12.7. The topological polar surface area (TPSA) is 45.5 Å². The fourth-order valence-electron chi connectivity index (χ4n) is 1.88. The zero-order valence-electron chi connectivity index (χ0n) is 10.7. The highest BCUT2D eigenvalue weighted by Crippen LogP contribution is 2.30. The van der Waals surface area contributed by atoms with E-state index < -0.39 is 0 Å². The molecule has 0 saturated heterocycles. The van der Waals surface area contributed by atoms with Gasteiger partial charge in [-0.05, 0) is 31.2 Å². The summed E-state index contributed by atoms with van der Waals surface area (Å²) in [6.45, 7) is 2.76. The Labute approximate surface area is 108 Å². The Balaban J connectivity index is 1.98. The maximum Gasteiger partial charge on any atom is 0.161 e. The van der Waals surface area contributed by atoms with Gasteiger partial charge in [-0.3, -0.25) is 4.90 Å². The minimum Gasteiger partial charge on any atom is -0.490 e. The average molecular weight is 246 g/mol. The summed E-state index contributed by atoms with van der Waals surface area (Å²) in [6.07, 6.45) is 1.84. The van der Waals surface area contributed by atoms with Gasteiger partial charge in [-0.2, -0.15) is 5.26 Å². The average Bonchev–Trinajstić information content (AvgIpc) is 2.61. The molecule has 0 radical (unpaired) electrons. The molecule has 4 nitrogen and oxygen atoms in total. The fourth-order valence-corrected chi connectivity index (χ4v) is 1.88. The third kappa shape index (κ3) is 3.38. The van der Waals surface area contributed by atoms with Crippen LogP contribution in [0.1, 0.15) is 12.0 Å². The van der Waals surface area contributed by atoms with E-state index in [9.17, 15) is 0 Å². The van der Waals surface area contributed by atoms with Crippen LogP contribution in [0.2, 0.25) is 0 Å². The first-order chi connectivity index (χ1) is 8.79. The van der Waals surface area contributed by atoms with Crippen LogP contribution in [0.4, 0.5) is 0 Å². The van der Waals surface area contributed by atoms with Crippen molar-refractivity contribution in [2.75, 3.05) is 33.4 Å². The summed E-state index contributed by atoms with van der Waals surface area (Å²) in [5.74, 6) is 1.68. The van der Waals surface area contributed by atoms with E-state index >= 15 is 0 Å². The summed E-state index contributed by atoms with van der Waals surface area (Å²) in [6, 6.07) is 8.22. The number of hydrogen-bond acceptors (Lipinski definition) is 4. The Morgan fingerprint density at radius 1 is 1.28 bits per heavy atom. The van der Waals surface area contributed by atoms with Crippen LogP contribution in [0, 0.1) is 11.3 Å². The standard InChI is InChI=1S/C14H18N2O2/c1-16(8-6-15)7-5-12-3-4-13-14(11-12)18-10-2-9-17-13/h3-4,11H,2,5,7-10H2,1H3. The Kier molecular flexibility index (Phi) is 4.43. The van der Waals surface area contributed by atoms with Gasteiger partial charge in [-0.25, -0.2) is 0 Å². The van der Waals surface area contributed by atoms with E-state index in [0.29, 0.717) is 13.2 Å². The van der Waals surface area contributed by atoms with Crippen LogP contribution in [0.15, 0.2) is 18.2 Å². The zero-order chi connectivity index (χ0) is 12.8. The molecule has 1 aliphatic heterocycles. The summed E-state index contributed by atoms with van der Waals surface area (Å²) in [5, 5.41) is 8.60. The highest BCUT2D eigenvalue weighted by atomic mass is 16.5. The maximum atomic E-state index is 8.60. The number of fused-ring (bicyclic) bond motifs is 1. The molecule has 96 valence electrons. The van der Waals surface area contributed by atoms with E-state index in [0.717, 1.165) is 37.5 Å². The minimum atomic E-state index is 0.463. The molecule has 4 heteroatoms. The number of hydrogen-bond donors (Lipinski definition) is 0. The van der Waals surface area contributed by atoms with Crippen molar-refractivity contribution in [1.29, 1.82) is 5.26 Å². The molecule has 18 heavy (non-hydrogen) atoms. The van der Waals surface area contributed by atoms with Crippen molar-refractivity contribution in [3.05, 3.63) is 23.8 Å². The van der Waals surface area contributed by atoms with Crippen molar-refractivity contribution < 1.29 is 9.47 Å². The molecule has 1 heterocycles. The van der Waals surface area contributed by atoms with E-state index in [1.54, 1.807) is 0 Å². The minimum absolute atomic E-state index is 0.463. The van der Waals surface area contributed by atoms with Crippen molar-refractivity contribution in [2.45, 2.75) is 12.8 Å². The van der Waals surface area contributed by atoms with Crippen LogP contribution >= 0.6 is 0 Å². The lowest BCUT2D eigenvalue weighted by atomic mass is 10.1. The normalized spacial score (nSPS) is 14.1. The van der Waals surface area contributed by atoms with Gasteiger partial charge in [-0.1, -0.05) is 6.07 Å². The second kappa shape index (κ2) is 6.27. The second-order valence-electron chi connectivity index (χ2n) is 4.48. The molecule has 0 atom stereocenters. The highest BCUT2D eigenvalue weighted by Gasteiger charge is 2.10. The summed E-state index contributed by atoms with van der Waals surface area (Å²) in [7, 11) is 1.95. The maximum absolute atomic E-state index is 8.60. The Hall–Kier alpha value is -1.73. The zero-order valence-corrected chi connectivity index (χ0v) is 10.7. The van der Waals surface area contributed by atoms with Crippen LogP contribution in [-0.4, -0.2) is 38.3 Å². The largest absolute Gasteiger partial charge is 0.490 e. The van der Waals surface area contributed by atoms with Crippen molar-refractivity contribution >= 4 is 0 Å². The van der Waals surface area contributed by atoms with Crippen LogP contribution in [0.25, 0.3) is 0 Å². The fraction of sp³-hybridized carbons (Fsp3) is 0.500. The molecule has 0 bridgehead atoms. The van der Waals surface area contributed by atoms with Crippen LogP contribution in [-0.2, 0) is 6.42 Å². The predicted molar refractivity (Wildman–Crippen MR) is 68.9 cm³/mol. The lowest BCUT2D eigenvalue weighted by Crippen LogP contribution is -2.21. The molecule has 0 fully saturated rings. The van der Waals surface area contributed by atoms with Gasteiger partial charge in [0.1, 0.15) is 0 Å². The molecule has 0 aliphatic carbocycles. The number of nitrogens with zero attached hydrogens (tertiary/aromatic N) is 2. The molecule has 1 aromatic carbocycles. The van der Waals surface area contributed by atoms with E-state index in [1.165, 1.54) is 5.56 Å². The summed E-state index contributed by atoms with van der Waals surface area (Å²) < 4.78 is 11.2. The molecular weight excluding hydrogens is 228 g/mol. The lowest BCUT2D eigenvalue weighted by molar-refractivity contribution is 0.297. The monoisotopic (exact) mass is 246 g/mol. The second-order valence-corrected chi connectivity index (χ2v) is 4.48. The number of ether oxygens (including phenoxy) is 2. The molecule has 2 rings (SSSR count). The van der Waals surface area contributed by atoms with Gasteiger partial charge in [0.05, 0.1) is 25.8 Å². The van der Waals surface area contributed by atoms with Crippen LogP contribution in [0.5, 0.6) is 11.5 Å². The smallest absolute Gasteiger partial charge is 0.161 e. The first-order valence-electron chi connectivity index (χ1n) is 6.23. The van der Waals surface area contributed by atoms with Gasteiger partial charge in [0.15, 0.2) is 11.5 Å². The van der Waals surface area contributed by atoms with E-state index in [1.807, 2.05) is 24.1 Å². The van der Waals surface area contributed by atoms with Crippen molar-refractivity contribution in [1.82, 2.24) is 4.90 Å². The highest BCUT2D eigenvalue weighted by molar-refractivity contribution is 5.43. The van der Waals surface area contributed by atoms with Gasteiger partial charge < -0.3 is 9.47 Å². The molecule has 0 saturated carbocycles. The molecule has 0 N–H and O–H groups in total. The van der Waals surface area contributed by atoms with Gasteiger partial charge >= 0.3 is 0 Å². The third-order valence-electron chi connectivity index (χ3n) is 2.93. The Morgan fingerprint density at radius 3 is 2.83 bits per heavy atom. The summed E-state index contributed by atoms with van der Waals surface area (Å²) in [5.41, 5.74) is 1.21. The number of rotatable bonds is 4. The molecule has 0 aromatic heterocycles. The summed E-state index contributed by atoms with van der Waals surface area (Å²) >= 11 is 0. The molecule has 1 aliphatic rings. The van der Waals surface area contributed by atoms with E-state index in [4.69, 9.17) is 14.7 Å². The van der Waals surface area contributed by atoms with Crippen molar-refractivity contribution in [2.24, 2.45) is 0 Å². The van der Waals surface area contributed by atoms with E-state index in [-0.39, 0.29) is 0 Å². The van der Waals surface area contributed by atoms with Gasteiger partial charge in [0, 0.05) is 13.0 Å². The SMILES string of the molecule is CN(CC#N)CCc1ccc2c(c1)OCCCO2. The molecule has 0 spiro atoms. The number of benzene rings is 1. The van der Waals surface area contributed by atoms with Gasteiger partial charge in [-0.15, -0.1) is 0 Å². The lowest BCUT2D eigenvalue weighted by Gasteiger charge is -2.13. The molecule has 1 aromatic rings. The number of nitriles is 1. The molecule has 0 amide bonds. The first-order valence-corrected chi connectivity index (χ1v) is 6.23. The van der Waals surface area contributed by atoms with Crippen molar-refractivity contribution in [3.63, 3.8) is 0 Å². The number of likely N-dealkylation sites (N-methyl/N-ethyl adjacent to an activating group) is 1. The van der Waals surface area contributed by atoms with Gasteiger partial charge in [0.2, 0.25) is 0 Å². The Morgan fingerprint density at radius 2 is 2.06 bits per heavy atom. The molecular formula is C14H18N2O2. The quantitative estimate of drug-likeness (QED) is 0.761. The van der Waals surface area contributed by atoms with Crippen LogP contribution < -0.4 is 9.47 Å². The molecule has 0 unspecified atom stereocenters. The Bertz CT molecular complexity index is 440. The van der Waals surface area contributed by atoms with Gasteiger partial charge in [0.25, 0.3) is 0 Å². The third-order valence-corrected chi connectivity index (χ3v) is 2.93. The van der Waals surface area contributed by atoms with Crippen molar-refractivity contribution in [3.8, 4) is 17.6 Å². The van der Waals surface area contributed by atoms with E-state index in [2.05, 4.69) is 12.1 Å². The predicted octanol–water partition coefficient (Wildman–Crippen LogP) is 1.85. The van der Waals surface area contributed by atoms with Crippen LogP contribution in [0.3, 0.4) is 0 Å². The summed E-state index contributed by atoms with van der Waals surface area (Å²) in [4.78, 5) is 2.00.